The first kappa shape index (κ1) is 19.5. The monoisotopic (exact) mass is 415 g/mol. The average molecular weight is 415 g/mol. The van der Waals surface area contributed by atoms with Crippen LogP contribution < -0.4 is 0 Å². The normalized spacial score (nSPS) is 17.4. The molecule has 0 aromatic carbocycles. The van der Waals surface area contributed by atoms with E-state index in [1.54, 1.807) is 6.20 Å². The molecule has 1 aliphatic rings. The molecule has 0 unspecified atom stereocenters. The minimum atomic E-state index is 0.0230. The number of piperazine rings is 1. The Labute approximate surface area is 180 Å². The molecular weight excluding hydrogens is 390 g/mol. The molecule has 1 aliphatic heterocycles. The van der Waals surface area contributed by atoms with Crippen LogP contribution in [0, 0.1) is 13.8 Å². The van der Waals surface area contributed by atoms with Crippen molar-refractivity contribution in [2.45, 2.75) is 19.9 Å². The molecule has 0 bridgehead atoms. The molecule has 31 heavy (non-hydrogen) atoms. The molecule has 4 aromatic heterocycles. The van der Waals surface area contributed by atoms with Gasteiger partial charge in [0.15, 0.2) is 0 Å². The molecule has 158 valence electrons. The van der Waals surface area contributed by atoms with Gasteiger partial charge in [-0.15, -0.1) is 0 Å². The van der Waals surface area contributed by atoms with Gasteiger partial charge >= 0.3 is 0 Å². The number of hydrogen-bond acceptors (Lipinski definition) is 5. The molecule has 7 nitrogen and oxygen atoms in total. The standard InChI is InChI=1S/C24H25N5O2/c1-16-11-20(17(2)31-16)24(30)28-10-9-27(3)22(14-28)23-21-7-6-19(13-29(21)15-26-23)18-5-4-8-25-12-18/h4-8,11-13,15,22H,9-10,14H2,1-3H3/t22-/m0/s1. The zero-order chi connectivity index (χ0) is 21.5. The van der Waals surface area contributed by atoms with E-state index in [4.69, 9.17) is 9.40 Å². The number of carbonyl (C=O) groups excluding carboxylic acids is 1. The predicted octanol–water partition coefficient (Wildman–Crippen LogP) is 3.74. The predicted molar refractivity (Wildman–Crippen MR) is 118 cm³/mol. The number of furan rings is 1. The maximum Gasteiger partial charge on any atom is 0.257 e. The molecule has 1 atom stereocenters. The van der Waals surface area contributed by atoms with Crippen molar-refractivity contribution >= 4 is 11.4 Å². The van der Waals surface area contributed by atoms with Crippen LogP contribution in [-0.2, 0) is 0 Å². The van der Waals surface area contributed by atoms with Crippen LogP contribution in [0.2, 0.25) is 0 Å². The smallest absolute Gasteiger partial charge is 0.257 e. The summed E-state index contributed by atoms with van der Waals surface area (Å²) in [6.07, 6.45) is 7.56. The van der Waals surface area contributed by atoms with E-state index in [9.17, 15) is 4.79 Å². The lowest BCUT2D eigenvalue weighted by molar-refractivity contribution is 0.0541. The number of pyridine rings is 2. The molecule has 0 spiro atoms. The van der Waals surface area contributed by atoms with Crippen LogP contribution in [0.3, 0.4) is 0 Å². The first-order chi connectivity index (χ1) is 15.0. The van der Waals surface area contributed by atoms with Gasteiger partial charge in [0, 0.05) is 43.8 Å². The quantitative estimate of drug-likeness (QED) is 0.510. The fourth-order valence-electron chi connectivity index (χ4n) is 4.35. The van der Waals surface area contributed by atoms with Crippen molar-refractivity contribution in [1.29, 1.82) is 0 Å². The second kappa shape index (κ2) is 7.67. The zero-order valence-corrected chi connectivity index (χ0v) is 17.9. The molecule has 1 fully saturated rings. The molecule has 1 amide bonds. The van der Waals surface area contributed by atoms with Crippen LogP contribution in [0.15, 0.2) is 59.7 Å². The number of aromatic nitrogens is 3. The molecule has 7 heteroatoms. The summed E-state index contributed by atoms with van der Waals surface area (Å²) in [5.41, 5.74) is 4.84. The van der Waals surface area contributed by atoms with Gasteiger partial charge in [-0.1, -0.05) is 12.1 Å². The third-order valence-corrected chi connectivity index (χ3v) is 6.08. The largest absolute Gasteiger partial charge is 0.466 e. The van der Waals surface area contributed by atoms with Crippen molar-refractivity contribution in [2.24, 2.45) is 0 Å². The van der Waals surface area contributed by atoms with Crippen molar-refractivity contribution < 1.29 is 9.21 Å². The highest BCUT2D eigenvalue weighted by atomic mass is 16.3. The summed E-state index contributed by atoms with van der Waals surface area (Å²) in [5, 5.41) is 0. The van der Waals surface area contributed by atoms with Gasteiger partial charge in [0.05, 0.1) is 29.1 Å². The highest BCUT2D eigenvalue weighted by Gasteiger charge is 2.32. The number of nitrogens with zero attached hydrogens (tertiary/aromatic N) is 5. The van der Waals surface area contributed by atoms with E-state index in [0.29, 0.717) is 24.4 Å². The van der Waals surface area contributed by atoms with E-state index in [1.165, 1.54) is 0 Å². The molecule has 0 saturated carbocycles. The van der Waals surface area contributed by atoms with Crippen molar-refractivity contribution in [1.82, 2.24) is 24.2 Å². The van der Waals surface area contributed by atoms with Crippen LogP contribution in [-0.4, -0.2) is 56.8 Å². The van der Waals surface area contributed by atoms with Gasteiger partial charge in [0.1, 0.15) is 11.5 Å². The fraction of sp³-hybridized carbons (Fsp3) is 0.292. The number of rotatable bonds is 3. The number of likely N-dealkylation sites (N-methyl/N-ethyl adjacent to an activating group) is 1. The Morgan fingerprint density at radius 1 is 1.16 bits per heavy atom. The number of fused-ring (bicyclic) bond motifs is 1. The molecule has 1 saturated heterocycles. The Morgan fingerprint density at radius 3 is 2.77 bits per heavy atom. The molecule has 0 aliphatic carbocycles. The Bertz CT molecular complexity index is 1240. The lowest BCUT2D eigenvalue weighted by Crippen LogP contribution is -2.49. The van der Waals surface area contributed by atoms with Crippen LogP contribution in [0.4, 0.5) is 0 Å². The van der Waals surface area contributed by atoms with Crippen LogP contribution >= 0.6 is 0 Å². The van der Waals surface area contributed by atoms with Crippen LogP contribution in [0.25, 0.3) is 16.6 Å². The van der Waals surface area contributed by atoms with Gasteiger partial charge in [-0.3, -0.25) is 14.7 Å². The molecule has 0 radical (unpaired) electrons. The van der Waals surface area contributed by atoms with Gasteiger partial charge in [-0.05, 0) is 44.7 Å². The Morgan fingerprint density at radius 2 is 2.03 bits per heavy atom. The third kappa shape index (κ3) is 3.51. The van der Waals surface area contributed by atoms with E-state index in [1.807, 2.05) is 49.5 Å². The van der Waals surface area contributed by atoms with E-state index < -0.39 is 0 Å². The summed E-state index contributed by atoms with van der Waals surface area (Å²) in [6.45, 7) is 5.78. The van der Waals surface area contributed by atoms with Gasteiger partial charge in [-0.2, -0.15) is 0 Å². The minimum absolute atomic E-state index is 0.0230. The second-order valence-electron chi connectivity index (χ2n) is 8.16. The maximum atomic E-state index is 13.1. The molecule has 5 heterocycles. The number of imidazole rings is 1. The summed E-state index contributed by atoms with van der Waals surface area (Å²) >= 11 is 0. The van der Waals surface area contributed by atoms with Crippen molar-refractivity contribution in [3.05, 3.63) is 78.0 Å². The van der Waals surface area contributed by atoms with Crippen LogP contribution in [0.1, 0.15) is 33.6 Å². The summed E-state index contributed by atoms with van der Waals surface area (Å²) in [7, 11) is 2.09. The Kier molecular flexibility index (Phi) is 4.82. The summed E-state index contributed by atoms with van der Waals surface area (Å²) in [4.78, 5) is 26.3. The highest BCUT2D eigenvalue weighted by Crippen LogP contribution is 2.29. The molecule has 4 aromatic rings. The van der Waals surface area contributed by atoms with Gasteiger partial charge < -0.3 is 13.7 Å². The fourth-order valence-corrected chi connectivity index (χ4v) is 4.35. The van der Waals surface area contributed by atoms with E-state index in [-0.39, 0.29) is 11.9 Å². The number of aryl methyl sites for hydroxylation is 2. The Balaban J connectivity index is 1.44. The van der Waals surface area contributed by atoms with E-state index >= 15 is 0 Å². The van der Waals surface area contributed by atoms with Crippen LogP contribution in [0.5, 0.6) is 0 Å². The second-order valence-corrected chi connectivity index (χ2v) is 8.16. The maximum absolute atomic E-state index is 13.1. The minimum Gasteiger partial charge on any atom is -0.466 e. The van der Waals surface area contributed by atoms with E-state index in [2.05, 4.69) is 39.7 Å². The third-order valence-electron chi connectivity index (χ3n) is 6.08. The average Bonchev–Trinajstić information content (AvgIpc) is 3.36. The molecule has 5 rings (SSSR count). The summed E-state index contributed by atoms with van der Waals surface area (Å²) in [6, 6.07) is 10.0. The van der Waals surface area contributed by atoms with Crippen molar-refractivity contribution in [2.75, 3.05) is 26.7 Å². The number of hydrogen-bond donors (Lipinski definition) is 0. The first-order valence-electron chi connectivity index (χ1n) is 10.4. The summed E-state index contributed by atoms with van der Waals surface area (Å²) < 4.78 is 7.63. The summed E-state index contributed by atoms with van der Waals surface area (Å²) in [5.74, 6) is 1.46. The zero-order valence-electron chi connectivity index (χ0n) is 17.9. The topological polar surface area (TPSA) is 66.9 Å². The van der Waals surface area contributed by atoms with Gasteiger partial charge in [-0.25, -0.2) is 4.98 Å². The molecule has 0 N–H and O–H groups in total. The number of amides is 1. The molecular formula is C24H25N5O2. The van der Waals surface area contributed by atoms with Gasteiger partial charge in [0.2, 0.25) is 0 Å². The van der Waals surface area contributed by atoms with E-state index in [0.717, 1.165) is 34.6 Å². The SMILES string of the molecule is Cc1cc(C(=O)N2CCN(C)[C@H](c3ncn4cc(-c5cccnc5)ccc34)C2)c(C)o1. The first-order valence-corrected chi connectivity index (χ1v) is 10.4. The van der Waals surface area contributed by atoms with Gasteiger partial charge in [0.25, 0.3) is 5.91 Å². The Hall–Kier alpha value is -3.45. The van der Waals surface area contributed by atoms with Crippen molar-refractivity contribution in [3.63, 3.8) is 0 Å². The lowest BCUT2D eigenvalue weighted by Gasteiger charge is -2.38. The van der Waals surface area contributed by atoms with Crippen molar-refractivity contribution in [3.8, 4) is 11.1 Å². The number of carbonyl (C=O) groups is 1. The lowest BCUT2D eigenvalue weighted by atomic mass is 10.1. The highest BCUT2D eigenvalue weighted by molar-refractivity contribution is 5.95.